The molecule has 5 fully saturated rings. The monoisotopic (exact) mass is 497 g/mol. The minimum Gasteiger partial charge on any atom is -0.851 e. The maximum Gasteiger partial charge on any atom is 0.101 e. The van der Waals surface area contributed by atoms with E-state index in [1.807, 2.05) is 0 Å². The van der Waals surface area contributed by atoms with Gasteiger partial charge in [-0.1, -0.05) is 59.0 Å². The molecule has 2 heterocycles. The number of likely N-dealkylation sites (tertiary alicyclic amines) is 1. The highest BCUT2D eigenvalue weighted by Crippen LogP contribution is 2.54. The molecular formula is C31H51N3O2-2. The zero-order valence-corrected chi connectivity index (χ0v) is 23.6. The Labute approximate surface area is 220 Å². The molecule has 6 unspecified atom stereocenters. The van der Waals surface area contributed by atoms with Gasteiger partial charge in [-0.15, -0.1) is 12.2 Å². The number of hydrogen-bond acceptors (Lipinski definition) is 5. The zero-order chi connectivity index (χ0) is 25.6. The second-order valence-corrected chi connectivity index (χ2v) is 12.9. The minimum atomic E-state index is -0.820. The van der Waals surface area contributed by atoms with Gasteiger partial charge in [-0.05, 0) is 69.8 Å². The fourth-order valence-corrected chi connectivity index (χ4v) is 8.77. The van der Waals surface area contributed by atoms with Gasteiger partial charge in [-0.2, -0.15) is 0 Å². The first-order valence-electron chi connectivity index (χ1n) is 15.4. The van der Waals surface area contributed by atoms with E-state index in [1.54, 1.807) is 0 Å². The second kappa shape index (κ2) is 10.5. The molecule has 5 nitrogen and oxygen atoms in total. The van der Waals surface area contributed by atoms with Crippen LogP contribution < -0.4 is 10.2 Å². The van der Waals surface area contributed by atoms with Gasteiger partial charge in [0, 0.05) is 36.8 Å². The number of fused-ring (bicyclic) bond motifs is 2. The Balaban J connectivity index is 1.39. The van der Waals surface area contributed by atoms with Gasteiger partial charge in [0.05, 0.1) is 12.1 Å². The number of unbranched alkanes of at least 4 members (excludes halogenated alkanes) is 1. The third-order valence-corrected chi connectivity index (χ3v) is 10.8. The largest absolute Gasteiger partial charge is 0.851 e. The summed E-state index contributed by atoms with van der Waals surface area (Å²) >= 11 is 0. The van der Waals surface area contributed by atoms with Gasteiger partial charge in [0.2, 0.25) is 0 Å². The Morgan fingerprint density at radius 1 is 0.750 bits per heavy atom. The van der Waals surface area contributed by atoms with Gasteiger partial charge < -0.3 is 24.9 Å². The summed E-state index contributed by atoms with van der Waals surface area (Å²) in [5, 5.41) is 27.3. The first kappa shape index (κ1) is 26.4. The van der Waals surface area contributed by atoms with Gasteiger partial charge in [0.25, 0.3) is 0 Å². The van der Waals surface area contributed by atoms with E-state index < -0.39 is 18.1 Å². The van der Waals surface area contributed by atoms with Gasteiger partial charge in [0.1, 0.15) is 5.82 Å². The molecule has 0 bridgehead atoms. The standard InChI is InChI=1S/C31H51N3O2/c1-6-9-18-34-24-15-11-10-14-23(24)31(4,5)27(34)19-21-29(35)22(30(21)36)20-28-32(7-2)25-16-12-13-17-26(25)33(28)8-3/h19-26,29-30H,6-18H2,1-5H3/q-2. The Hall–Kier alpha value is -1.20. The molecule has 0 N–H and O–H groups in total. The van der Waals surface area contributed by atoms with Crippen LogP contribution in [0, 0.1) is 23.2 Å². The Bertz CT molecular complexity index is 806. The van der Waals surface area contributed by atoms with Crippen LogP contribution in [0.2, 0.25) is 0 Å². The van der Waals surface area contributed by atoms with E-state index in [0.717, 1.165) is 19.6 Å². The van der Waals surface area contributed by atoms with Crippen LogP contribution >= 0.6 is 0 Å². The maximum atomic E-state index is 13.6. The number of allylic oxidation sites excluding steroid dienone is 1. The Morgan fingerprint density at radius 2 is 1.28 bits per heavy atom. The first-order chi connectivity index (χ1) is 17.3. The van der Waals surface area contributed by atoms with E-state index in [-0.39, 0.29) is 11.3 Å². The number of rotatable bonds is 7. The topological polar surface area (TPSA) is 55.8 Å². The highest BCUT2D eigenvalue weighted by Gasteiger charge is 2.51. The Kier molecular flexibility index (Phi) is 7.72. The van der Waals surface area contributed by atoms with E-state index in [4.69, 9.17) is 0 Å². The first-order valence-corrected chi connectivity index (χ1v) is 15.4. The lowest BCUT2D eigenvalue weighted by Gasteiger charge is -2.60. The minimum absolute atomic E-state index is 0.0565. The second-order valence-electron chi connectivity index (χ2n) is 12.9. The molecule has 5 rings (SSSR count). The zero-order valence-electron chi connectivity index (χ0n) is 23.6. The van der Waals surface area contributed by atoms with Crippen molar-refractivity contribution in [3.05, 3.63) is 23.7 Å². The van der Waals surface area contributed by atoms with Gasteiger partial charge in [0.15, 0.2) is 0 Å². The molecule has 6 atom stereocenters. The van der Waals surface area contributed by atoms with Crippen LogP contribution in [-0.2, 0) is 0 Å². The van der Waals surface area contributed by atoms with Crippen molar-refractivity contribution < 1.29 is 10.2 Å². The van der Waals surface area contributed by atoms with E-state index in [1.165, 1.54) is 75.7 Å². The maximum absolute atomic E-state index is 13.6. The van der Waals surface area contributed by atoms with Crippen molar-refractivity contribution in [3.63, 3.8) is 0 Å². The smallest absolute Gasteiger partial charge is 0.101 e. The number of nitrogens with zero attached hydrogens (tertiary/aromatic N) is 3. The van der Waals surface area contributed by atoms with Gasteiger partial charge in [-0.3, -0.25) is 0 Å². The molecule has 0 radical (unpaired) electrons. The normalized spacial score (nSPS) is 40.9. The summed E-state index contributed by atoms with van der Waals surface area (Å²) in [5.74, 6) is 1.05. The van der Waals surface area contributed by atoms with E-state index in [9.17, 15) is 10.2 Å². The highest BCUT2D eigenvalue weighted by molar-refractivity contribution is 5.28. The van der Waals surface area contributed by atoms with Crippen molar-refractivity contribution in [2.24, 2.45) is 23.2 Å². The molecule has 3 aliphatic carbocycles. The highest BCUT2D eigenvalue weighted by atomic mass is 16.3. The Morgan fingerprint density at radius 3 is 1.83 bits per heavy atom. The summed E-state index contributed by atoms with van der Waals surface area (Å²) in [5.41, 5.74) is 1.38. The third-order valence-electron chi connectivity index (χ3n) is 10.8. The van der Waals surface area contributed by atoms with Crippen LogP contribution in [0.25, 0.3) is 0 Å². The molecule has 36 heavy (non-hydrogen) atoms. The summed E-state index contributed by atoms with van der Waals surface area (Å²) in [6, 6.07) is 1.70. The molecule has 204 valence electrons. The lowest BCUT2D eigenvalue weighted by Crippen LogP contribution is -2.66. The van der Waals surface area contributed by atoms with E-state index >= 15 is 0 Å². The SMILES string of the molecule is CCCCN1C(=CC2C([O-])C(C=C3N(CC)C4CCCCC4N3CC)C2[O-])C(C)(C)C2CCCCC21. The average Bonchev–Trinajstić information content (AvgIpc) is 3.31. The fourth-order valence-electron chi connectivity index (χ4n) is 8.77. The van der Waals surface area contributed by atoms with E-state index in [0.29, 0.717) is 24.0 Å². The van der Waals surface area contributed by atoms with Crippen molar-refractivity contribution in [1.82, 2.24) is 14.7 Å². The average molecular weight is 498 g/mol. The summed E-state index contributed by atoms with van der Waals surface area (Å²) in [6.07, 6.45) is 15.2. The summed E-state index contributed by atoms with van der Waals surface area (Å²) in [6.45, 7) is 14.5. The molecule has 3 saturated carbocycles. The lowest BCUT2D eigenvalue weighted by atomic mass is 9.66. The molecule has 2 aliphatic heterocycles. The van der Waals surface area contributed by atoms with Crippen molar-refractivity contribution in [3.8, 4) is 0 Å². The van der Waals surface area contributed by atoms with Crippen molar-refractivity contribution in [1.29, 1.82) is 0 Å². The molecule has 5 heteroatoms. The van der Waals surface area contributed by atoms with Crippen molar-refractivity contribution in [2.45, 2.75) is 129 Å². The van der Waals surface area contributed by atoms with Crippen molar-refractivity contribution in [2.75, 3.05) is 19.6 Å². The molecule has 0 spiro atoms. The molecule has 0 aromatic heterocycles. The predicted molar refractivity (Wildman–Crippen MR) is 143 cm³/mol. The van der Waals surface area contributed by atoms with E-state index in [2.05, 4.69) is 61.5 Å². The quantitative estimate of drug-likeness (QED) is 0.530. The van der Waals surface area contributed by atoms with Gasteiger partial charge in [-0.25, -0.2) is 0 Å². The molecule has 0 aromatic carbocycles. The summed E-state index contributed by atoms with van der Waals surface area (Å²) in [7, 11) is 0. The number of likely N-dealkylation sites (N-methyl/N-ethyl adjacent to an activating group) is 2. The molecular weight excluding hydrogens is 446 g/mol. The number of hydrogen-bond donors (Lipinski definition) is 0. The summed E-state index contributed by atoms with van der Waals surface area (Å²) in [4.78, 5) is 7.66. The van der Waals surface area contributed by atoms with Gasteiger partial charge >= 0.3 is 0 Å². The predicted octanol–water partition coefficient (Wildman–Crippen LogP) is 4.08. The van der Waals surface area contributed by atoms with Crippen LogP contribution in [0.5, 0.6) is 0 Å². The van der Waals surface area contributed by atoms with Crippen molar-refractivity contribution >= 4 is 0 Å². The molecule has 0 amide bonds. The third kappa shape index (κ3) is 4.21. The molecule has 2 saturated heterocycles. The summed E-state index contributed by atoms with van der Waals surface area (Å²) < 4.78 is 0. The van der Waals surface area contributed by atoms with Crippen LogP contribution in [0.1, 0.15) is 98.8 Å². The molecule has 0 aromatic rings. The molecule has 5 aliphatic rings. The van der Waals surface area contributed by atoms with Crippen LogP contribution in [0.3, 0.4) is 0 Å². The fraction of sp³-hybridized carbons (Fsp3) is 0.871. The van der Waals surface area contributed by atoms with Crippen LogP contribution in [-0.4, -0.2) is 64.7 Å². The lowest BCUT2D eigenvalue weighted by molar-refractivity contribution is -0.550. The van der Waals surface area contributed by atoms with Crippen LogP contribution in [0.4, 0.5) is 0 Å². The van der Waals surface area contributed by atoms with Crippen LogP contribution in [0.15, 0.2) is 23.7 Å².